The van der Waals surface area contributed by atoms with Crippen molar-refractivity contribution in [3.63, 3.8) is 0 Å². The van der Waals surface area contributed by atoms with Gasteiger partial charge in [-0.3, -0.25) is 0 Å². The molecule has 3 heterocycles. The van der Waals surface area contributed by atoms with Gasteiger partial charge in [0.1, 0.15) is 5.75 Å². The average molecular weight is 356 g/mol. The van der Waals surface area contributed by atoms with Crippen molar-refractivity contribution in [2.75, 3.05) is 6.61 Å². The molecule has 0 amide bonds. The Bertz CT molecular complexity index is 927. The van der Waals surface area contributed by atoms with Crippen molar-refractivity contribution in [3.8, 4) is 17.1 Å². The normalized spacial score (nSPS) is 12.5. The van der Waals surface area contributed by atoms with E-state index in [-0.39, 0.29) is 6.04 Å². The van der Waals surface area contributed by atoms with Gasteiger partial charge in [-0.05, 0) is 46.0 Å². The molecule has 0 fully saturated rings. The highest BCUT2D eigenvalue weighted by Gasteiger charge is 2.12. The summed E-state index contributed by atoms with van der Waals surface area (Å²) in [7, 11) is 0. The SMILES string of the molecule is NC(CCOc1cccc(-c2onc3sccc23)c1)c1ccsc1. The number of ether oxygens (including phenoxy) is 1. The van der Waals surface area contributed by atoms with Gasteiger partial charge in [0.2, 0.25) is 0 Å². The molecule has 0 radical (unpaired) electrons. The van der Waals surface area contributed by atoms with Crippen molar-refractivity contribution < 1.29 is 9.26 Å². The Hall–Kier alpha value is -2.15. The maximum absolute atomic E-state index is 6.17. The molecule has 0 spiro atoms. The number of nitrogens with two attached hydrogens (primary N) is 1. The fraction of sp³-hybridized carbons (Fsp3) is 0.167. The minimum absolute atomic E-state index is 0.0131. The van der Waals surface area contributed by atoms with E-state index in [1.165, 1.54) is 5.56 Å². The number of hydrogen-bond acceptors (Lipinski definition) is 6. The van der Waals surface area contributed by atoms with Crippen LogP contribution in [0, 0.1) is 0 Å². The zero-order valence-electron chi connectivity index (χ0n) is 12.8. The summed E-state index contributed by atoms with van der Waals surface area (Å²) in [6.45, 7) is 0.574. The van der Waals surface area contributed by atoms with E-state index in [0.717, 1.165) is 33.7 Å². The van der Waals surface area contributed by atoms with Gasteiger partial charge in [0.05, 0.1) is 12.0 Å². The zero-order valence-corrected chi connectivity index (χ0v) is 14.5. The summed E-state index contributed by atoms with van der Waals surface area (Å²) in [6.07, 6.45) is 0.776. The van der Waals surface area contributed by atoms with Crippen LogP contribution in [0.25, 0.3) is 21.5 Å². The fourth-order valence-electron chi connectivity index (χ4n) is 2.57. The van der Waals surface area contributed by atoms with Crippen molar-refractivity contribution in [2.45, 2.75) is 12.5 Å². The van der Waals surface area contributed by atoms with E-state index in [2.05, 4.69) is 16.6 Å². The van der Waals surface area contributed by atoms with E-state index < -0.39 is 0 Å². The molecular weight excluding hydrogens is 340 g/mol. The Morgan fingerprint density at radius 1 is 1.21 bits per heavy atom. The van der Waals surface area contributed by atoms with Crippen LogP contribution in [0.2, 0.25) is 0 Å². The number of aromatic nitrogens is 1. The standard InChI is InChI=1S/C18H16N2O2S2/c19-16(13-5-8-23-11-13)4-7-21-14-3-1-2-12(10-14)17-15-6-9-24-18(15)20-22-17/h1-3,5-6,8-11,16H,4,7,19H2. The predicted octanol–water partition coefficient (Wildman–Crippen LogP) is 5.09. The van der Waals surface area contributed by atoms with Crippen LogP contribution >= 0.6 is 22.7 Å². The molecule has 0 bridgehead atoms. The molecule has 1 atom stereocenters. The number of benzene rings is 1. The largest absolute Gasteiger partial charge is 0.494 e. The lowest BCUT2D eigenvalue weighted by molar-refractivity contribution is 0.298. The molecule has 4 nitrogen and oxygen atoms in total. The Morgan fingerprint density at radius 2 is 2.17 bits per heavy atom. The molecule has 0 saturated heterocycles. The lowest BCUT2D eigenvalue weighted by atomic mass is 10.1. The van der Waals surface area contributed by atoms with Crippen LogP contribution in [0.1, 0.15) is 18.0 Å². The van der Waals surface area contributed by atoms with Gasteiger partial charge in [-0.1, -0.05) is 17.3 Å². The highest BCUT2D eigenvalue weighted by Crippen LogP contribution is 2.33. The first kappa shape index (κ1) is 15.4. The third-order valence-electron chi connectivity index (χ3n) is 3.87. The molecule has 0 aliphatic heterocycles. The molecule has 0 saturated carbocycles. The van der Waals surface area contributed by atoms with Gasteiger partial charge in [0.15, 0.2) is 10.6 Å². The van der Waals surface area contributed by atoms with Crippen molar-refractivity contribution in [1.29, 1.82) is 0 Å². The van der Waals surface area contributed by atoms with Crippen LogP contribution in [0.3, 0.4) is 0 Å². The molecular formula is C18H16N2O2S2. The lowest BCUT2D eigenvalue weighted by Crippen LogP contribution is -2.13. The number of fused-ring (bicyclic) bond motifs is 1. The van der Waals surface area contributed by atoms with Crippen LogP contribution < -0.4 is 10.5 Å². The minimum Gasteiger partial charge on any atom is -0.494 e. The summed E-state index contributed by atoms with van der Waals surface area (Å²) >= 11 is 3.24. The molecule has 6 heteroatoms. The Morgan fingerprint density at radius 3 is 3.04 bits per heavy atom. The monoisotopic (exact) mass is 356 g/mol. The van der Waals surface area contributed by atoms with Crippen molar-refractivity contribution in [1.82, 2.24) is 5.16 Å². The van der Waals surface area contributed by atoms with E-state index in [4.69, 9.17) is 15.0 Å². The molecule has 1 aromatic carbocycles. The van der Waals surface area contributed by atoms with Gasteiger partial charge in [-0.2, -0.15) is 11.3 Å². The molecule has 4 aromatic rings. The van der Waals surface area contributed by atoms with E-state index in [9.17, 15) is 0 Å². The van der Waals surface area contributed by atoms with Crippen molar-refractivity contribution >= 4 is 32.9 Å². The highest BCUT2D eigenvalue weighted by molar-refractivity contribution is 7.16. The first-order chi connectivity index (χ1) is 11.8. The van der Waals surface area contributed by atoms with Gasteiger partial charge in [-0.25, -0.2) is 0 Å². The molecule has 24 heavy (non-hydrogen) atoms. The topological polar surface area (TPSA) is 61.3 Å². The number of thiophene rings is 2. The van der Waals surface area contributed by atoms with Crippen LogP contribution in [0.4, 0.5) is 0 Å². The number of hydrogen-bond donors (Lipinski definition) is 1. The van der Waals surface area contributed by atoms with Crippen LogP contribution in [-0.4, -0.2) is 11.8 Å². The van der Waals surface area contributed by atoms with Gasteiger partial charge < -0.3 is 15.0 Å². The zero-order chi connectivity index (χ0) is 16.4. The van der Waals surface area contributed by atoms with Gasteiger partial charge >= 0.3 is 0 Å². The highest BCUT2D eigenvalue weighted by atomic mass is 32.1. The third kappa shape index (κ3) is 3.08. The van der Waals surface area contributed by atoms with Crippen LogP contribution in [0.5, 0.6) is 5.75 Å². The second-order valence-corrected chi connectivity index (χ2v) is 7.15. The maximum Gasteiger partial charge on any atom is 0.175 e. The first-order valence-electron chi connectivity index (χ1n) is 7.65. The van der Waals surface area contributed by atoms with Crippen molar-refractivity contribution in [3.05, 3.63) is 58.1 Å². The molecule has 2 N–H and O–H groups in total. The Labute approximate surface area is 147 Å². The fourth-order valence-corrected chi connectivity index (χ4v) is 4.00. The summed E-state index contributed by atoms with van der Waals surface area (Å²) in [4.78, 5) is 0.915. The van der Waals surface area contributed by atoms with Gasteiger partial charge in [0, 0.05) is 18.0 Å². The van der Waals surface area contributed by atoms with Gasteiger partial charge in [0.25, 0.3) is 0 Å². The van der Waals surface area contributed by atoms with Crippen LogP contribution in [0.15, 0.2) is 57.1 Å². The molecule has 4 rings (SSSR count). The first-order valence-corrected chi connectivity index (χ1v) is 9.47. The smallest absolute Gasteiger partial charge is 0.175 e. The summed E-state index contributed by atoms with van der Waals surface area (Å²) < 4.78 is 11.3. The number of nitrogens with zero attached hydrogens (tertiary/aromatic N) is 1. The lowest BCUT2D eigenvalue weighted by Gasteiger charge is -2.11. The second kappa shape index (κ2) is 6.76. The molecule has 0 aliphatic carbocycles. The predicted molar refractivity (Wildman–Crippen MR) is 98.7 cm³/mol. The Kier molecular flexibility index (Phi) is 4.34. The third-order valence-corrected chi connectivity index (χ3v) is 5.37. The van der Waals surface area contributed by atoms with E-state index in [1.807, 2.05) is 41.1 Å². The van der Waals surface area contributed by atoms with E-state index in [0.29, 0.717) is 6.61 Å². The number of rotatable bonds is 6. The summed E-state index contributed by atoms with van der Waals surface area (Å²) in [5.74, 6) is 1.59. The molecule has 0 aliphatic rings. The summed E-state index contributed by atoms with van der Waals surface area (Å²) in [5.41, 5.74) is 8.30. The Balaban J connectivity index is 1.44. The minimum atomic E-state index is 0.0131. The summed E-state index contributed by atoms with van der Waals surface area (Å²) in [6, 6.07) is 12.0. The van der Waals surface area contributed by atoms with E-state index in [1.54, 1.807) is 22.7 Å². The van der Waals surface area contributed by atoms with Gasteiger partial charge in [-0.15, -0.1) is 11.3 Å². The van der Waals surface area contributed by atoms with Crippen molar-refractivity contribution in [2.24, 2.45) is 5.73 Å². The maximum atomic E-state index is 6.17. The second-order valence-electron chi connectivity index (χ2n) is 5.48. The van der Waals surface area contributed by atoms with E-state index >= 15 is 0 Å². The molecule has 3 aromatic heterocycles. The average Bonchev–Trinajstić information content (AvgIpc) is 3.32. The van der Waals surface area contributed by atoms with Crippen LogP contribution in [-0.2, 0) is 0 Å². The molecule has 122 valence electrons. The molecule has 1 unspecified atom stereocenters. The summed E-state index contributed by atoms with van der Waals surface area (Å²) in [5, 5.41) is 11.3. The quantitative estimate of drug-likeness (QED) is 0.523.